The molecule has 0 aromatic heterocycles. The van der Waals surface area contributed by atoms with Crippen molar-refractivity contribution in [2.24, 2.45) is 0 Å². The Labute approximate surface area is 119 Å². The molecule has 0 spiro atoms. The van der Waals surface area contributed by atoms with Crippen molar-refractivity contribution < 1.29 is 32.2 Å². The topological polar surface area (TPSA) is 94.9 Å². The van der Waals surface area contributed by atoms with E-state index in [0.717, 1.165) is 4.31 Å². The Bertz CT molecular complexity index is 698. The third-order valence-corrected chi connectivity index (χ3v) is 5.25. The van der Waals surface area contributed by atoms with Crippen LogP contribution < -0.4 is 0 Å². The van der Waals surface area contributed by atoms with Crippen LogP contribution in [0.2, 0.25) is 0 Å². The van der Waals surface area contributed by atoms with Gasteiger partial charge < -0.3 is 10.2 Å². The summed E-state index contributed by atoms with van der Waals surface area (Å²) in [5.41, 5.74) is -1.86. The van der Waals surface area contributed by atoms with E-state index in [4.69, 9.17) is 5.11 Å². The highest BCUT2D eigenvalue weighted by molar-refractivity contribution is 7.89. The Morgan fingerprint density at radius 3 is 2.43 bits per heavy atom. The summed E-state index contributed by atoms with van der Waals surface area (Å²) < 4.78 is 52.2. The Morgan fingerprint density at radius 1 is 1.38 bits per heavy atom. The maximum Gasteiger partial charge on any atom is 0.335 e. The lowest BCUT2D eigenvalue weighted by Crippen LogP contribution is -2.62. The van der Waals surface area contributed by atoms with Gasteiger partial charge in [0.25, 0.3) is 0 Å². The van der Waals surface area contributed by atoms with Crippen molar-refractivity contribution >= 4 is 16.0 Å². The minimum atomic E-state index is -4.40. The first-order valence-corrected chi connectivity index (χ1v) is 7.49. The normalized spacial score (nSPS) is 18.3. The van der Waals surface area contributed by atoms with Crippen LogP contribution >= 0.6 is 0 Å². The summed E-state index contributed by atoms with van der Waals surface area (Å²) in [5.74, 6) is -4.76. The Hall–Kier alpha value is -1.58. The van der Waals surface area contributed by atoms with Crippen molar-refractivity contribution in [3.63, 3.8) is 0 Å². The Balaban J connectivity index is 2.44. The zero-order valence-corrected chi connectivity index (χ0v) is 11.8. The van der Waals surface area contributed by atoms with Gasteiger partial charge in [-0.25, -0.2) is 22.0 Å². The number of carboxylic acid groups (broad SMARTS) is 1. The van der Waals surface area contributed by atoms with Crippen molar-refractivity contribution in [1.29, 1.82) is 0 Å². The second kappa shape index (κ2) is 5.00. The number of hydrogen-bond donors (Lipinski definition) is 2. The lowest BCUT2D eigenvalue weighted by Gasteiger charge is -2.44. The van der Waals surface area contributed by atoms with Crippen molar-refractivity contribution in [2.75, 3.05) is 13.1 Å². The molecular formula is C12H13F2NO5S. The maximum absolute atomic E-state index is 13.7. The molecule has 1 aromatic carbocycles. The highest BCUT2D eigenvalue weighted by atomic mass is 32.2. The lowest BCUT2D eigenvalue weighted by atomic mass is 9.94. The number of halogens is 2. The molecule has 21 heavy (non-hydrogen) atoms. The van der Waals surface area contributed by atoms with Crippen LogP contribution in [0.4, 0.5) is 8.78 Å². The van der Waals surface area contributed by atoms with Crippen molar-refractivity contribution in [1.82, 2.24) is 4.31 Å². The van der Waals surface area contributed by atoms with Crippen LogP contribution in [-0.4, -0.2) is 47.6 Å². The van der Waals surface area contributed by atoms with Crippen LogP contribution in [0.15, 0.2) is 17.0 Å². The smallest absolute Gasteiger partial charge is 0.335 e. The molecule has 2 N–H and O–H groups in total. The van der Waals surface area contributed by atoms with Crippen molar-refractivity contribution in [3.8, 4) is 0 Å². The van der Waals surface area contributed by atoms with E-state index in [2.05, 4.69) is 0 Å². The van der Waals surface area contributed by atoms with Crippen LogP contribution in [0.25, 0.3) is 0 Å². The molecule has 0 unspecified atom stereocenters. The summed E-state index contributed by atoms with van der Waals surface area (Å²) in [6.07, 6.45) is 0.311. The molecule has 0 radical (unpaired) electrons. The molecule has 1 aromatic rings. The minimum Gasteiger partial charge on any atom is -0.478 e. The molecular weight excluding hydrogens is 308 g/mol. The van der Waals surface area contributed by atoms with Gasteiger partial charge >= 0.3 is 5.97 Å². The summed E-state index contributed by atoms with van der Waals surface area (Å²) in [4.78, 5) is 9.77. The van der Waals surface area contributed by atoms with E-state index in [1.807, 2.05) is 0 Å². The number of nitrogens with zero attached hydrogens (tertiary/aromatic N) is 1. The third kappa shape index (κ3) is 2.63. The molecule has 0 bridgehead atoms. The summed E-state index contributed by atoms with van der Waals surface area (Å²) in [6, 6.07) is 0.981. The fourth-order valence-electron chi connectivity index (χ4n) is 2.02. The largest absolute Gasteiger partial charge is 0.478 e. The molecule has 1 aliphatic rings. The first kappa shape index (κ1) is 15.8. The number of aliphatic hydroxyl groups is 1. The SMILES string of the molecule is CCC1(O)CN(S(=O)(=O)c2cc(C(=O)O)cc(F)c2F)C1. The first-order chi connectivity index (χ1) is 9.60. The first-order valence-electron chi connectivity index (χ1n) is 6.05. The number of aromatic carboxylic acids is 1. The van der Waals surface area contributed by atoms with E-state index >= 15 is 0 Å². The second-order valence-corrected chi connectivity index (χ2v) is 6.83. The number of carboxylic acids is 1. The monoisotopic (exact) mass is 321 g/mol. The fraction of sp³-hybridized carbons (Fsp3) is 0.417. The number of β-amino-alcohol motifs (C(OH)–C–C–N with tert-alkyl or cyclic N) is 1. The van der Waals surface area contributed by atoms with Gasteiger partial charge in [0.15, 0.2) is 11.6 Å². The molecule has 6 nitrogen and oxygen atoms in total. The van der Waals surface area contributed by atoms with Crippen LogP contribution in [0.5, 0.6) is 0 Å². The van der Waals surface area contributed by atoms with Crippen LogP contribution in [-0.2, 0) is 10.0 Å². The number of rotatable bonds is 4. The molecule has 1 saturated heterocycles. The van der Waals surface area contributed by atoms with E-state index in [1.165, 1.54) is 0 Å². The molecule has 1 heterocycles. The zero-order valence-electron chi connectivity index (χ0n) is 11.0. The number of benzene rings is 1. The predicted molar refractivity (Wildman–Crippen MR) is 67.3 cm³/mol. The Morgan fingerprint density at radius 2 is 1.95 bits per heavy atom. The molecule has 1 aliphatic heterocycles. The highest BCUT2D eigenvalue weighted by Gasteiger charge is 2.47. The van der Waals surface area contributed by atoms with Crippen molar-refractivity contribution in [3.05, 3.63) is 29.3 Å². The van der Waals surface area contributed by atoms with Gasteiger partial charge in [0.1, 0.15) is 4.90 Å². The lowest BCUT2D eigenvalue weighted by molar-refractivity contribution is -0.0614. The third-order valence-electron chi connectivity index (χ3n) is 3.46. The fourth-order valence-corrected chi connectivity index (χ4v) is 3.72. The molecule has 0 saturated carbocycles. The minimum absolute atomic E-state index is 0.246. The average Bonchev–Trinajstić information content (AvgIpc) is 2.37. The molecule has 1 fully saturated rings. The summed E-state index contributed by atoms with van der Waals surface area (Å²) >= 11 is 0. The van der Waals surface area contributed by atoms with Gasteiger partial charge in [-0.05, 0) is 18.6 Å². The van der Waals surface area contributed by atoms with E-state index < -0.39 is 43.7 Å². The molecule has 9 heteroatoms. The summed E-state index contributed by atoms with van der Waals surface area (Å²) in [5, 5.41) is 18.6. The van der Waals surface area contributed by atoms with Gasteiger partial charge in [-0.3, -0.25) is 0 Å². The standard InChI is InChI=1S/C12H13F2NO5S/c1-2-12(18)5-15(6-12)21(19,20)9-4-7(11(16)17)3-8(13)10(9)14/h3-4,18H,2,5-6H2,1H3,(H,16,17). The van der Waals surface area contributed by atoms with E-state index in [1.54, 1.807) is 6.92 Å². The molecule has 0 amide bonds. The molecule has 0 aliphatic carbocycles. The summed E-state index contributed by atoms with van der Waals surface area (Å²) in [7, 11) is -4.40. The van der Waals surface area contributed by atoms with Gasteiger partial charge in [-0.1, -0.05) is 6.92 Å². The van der Waals surface area contributed by atoms with E-state index in [0.29, 0.717) is 18.6 Å². The highest BCUT2D eigenvalue weighted by Crippen LogP contribution is 2.32. The van der Waals surface area contributed by atoms with Crippen LogP contribution in [0, 0.1) is 11.6 Å². The van der Waals surface area contributed by atoms with Gasteiger partial charge in [-0.15, -0.1) is 0 Å². The Kier molecular flexibility index (Phi) is 3.77. The van der Waals surface area contributed by atoms with Gasteiger partial charge in [0, 0.05) is 13.1 Å². The second-order valence-electron chi connectivity index (χ2n) is 4.93. The maximum atomic E-state index is 13.7. The van der Waals surface area contributed by atoms with E-state index in [9.17, 15) is 27.1 Å². The van der Waals surface area contributed by atoms with E-state index in [-0.39, 0.29) is 13.1 Å². The molecule has 116 valence electrons. The zero-order chi connectivity index (χ0) is 16.0. The quantitative estimate of drug-likeness (QED) is 0.856. The number of carbonyl (C=O) groups is 1. The molecule has 0 atom stereocenters. The number of hydrogen-bond acceptors (Lipinski definition) is 4. The van der Waals surface area contributed by atoms with Gasteiger partial charge in [0.2, 0.25) is 10.0 Å². The number of sulfonamides is 1. The summed E-state index contributed by atoms with van der Waals surface area (Å²) in [6.45, 7) is 1.17. The average molecular weight is 321 g/mol. The van der Waals surface area contributed by atoms with Gasteiger partial charge in [-0.2, -0.15) is 4.31 Å². The van der Waals surface area contributed by atoms with Crippen LogP contribution in [0.1, 0.15) is 23.7 Å². The van der Waals surface area contributed by atoms with Gasteiger partial charge in [0.05, 0.1) is 11.2 Å². The predicted octanol–water partition coefficient (Wildman–Crippen LogP) is 0.808. The molecule has 2 rings (SSSR count). The van der Waals surface area contributed by atoms with Crippen LogP contribution in [0.3, 0.4) is 0 Å². The van der Waals surface area contributed by atoms with Crippen molar-refractivity contribution in [2.45, 2.75) is 23.8 Å².